The van der Waals surface area contributed by atoms with E-state index in [0.29, 0.717) is 22.3 Å². The van der Waals surface area contributed by atoms with E-state index in [4.69, 9.17) is 42.6 Å². The first kappa shape index (κ1) is 60.2. The molecule has 4 heterocycles. The van der Waals surface area contributed by atoms with Crippen molar-refractivity contribution < 1.29 is 123 Å². The first-order valence-electron chi connectivity index (χ1n) is 26.8. The highest BCUT2D eigenvalue weighted by atomic mass is 16.7. The Morgan fingerprint density at radius 2 is 0.906 bits per heavy atom. The minimum atomic E-state index is -1.94. The van der Waals surface area contributed by atoms with E-state index in [2.05, 4.69) is 0 Å². The maximum Gasteiger partial charge on any atom is 0.331 e. The van der Waals surface area contributed by atoms with Crippen molar-refractivity contribution in [1.82, 2.24) is 0 Å². The molecule has 4 aromatic carbocycles. The van der Waals surface area contributed by atoms with E-state index in [9.17, 15) is 90.0 Å². The smallest absolute Gasteiger partial charge is 0.331 e. The molecule has 10 rings (SSSR count). The van der Waals surface area contributed by atoms with E-state index in [1.54, 1.807) is 0 Å². The summed E-state index contributed by atoms with van der Waals surface area (Å²) in [5, 5.41) is 126. The molecule has 14 unspecified atom stereocenters. The van der Waals surface area contributed by atoms with Gasteiger partial charge in [-0.2, -0.15) is 0 Å². The number of carbonyl (C=O) groups excluding carboxylic acids is 4. The predicted octanol–water partition coefficient (Wildman–Crippen LogP) is -1.41. The van der Waals surface area contributed by atoms with Gasteiger partial charge in [-0.25, -0.2) is 9.59 Å². The molecule has 85 heavy (non-hydrogen) atoms. The van der Waals surface area contributed by atoms with Crippen molar-refractivity contribution >= 4 is 45.4 Å². The van der Waals surface area contributed by atoms with Crippen molar-refractivity contribution in [3.05, 3.63) is 138 Å². The molecule has 12 N–H and O–H groups in total. The number of aliphatic hydroxyl groups excluding tert-OH is 10. The van der Waals surface area contributed by atoms with Crippen LogP contribution in [0.25, 0.3) is 21.5 Å². The van der Waals surface area contributed by atoms with Gasteiger partial charge in [0.2, 0.25) is 10.9 Å². The third-order valence-electron chi connectivity index (χ3n) is 15.3. The van der Waals surface area contributed by atoms with Crippen LogP contribution >= 0.6 is 0 Å². The number of benzene rings is 2. The number of aromatic hydroxyl groups is 2. The van der Waals surface area contributed by atoms with E-state index in [1.807, 2.05) is 0 Å². The van der Waals surface area contributed by atoms with Gasteiger partial charge in [0.05, 0.1) is 36.8 Å². The van der Waals surface area contributed by atoms with Gasteiger partial charge in [-0.1, -0.05) is 36.4 Å². The summed E-state index contributed by atoms with van der Waals surface area (Å²) in [6, 6.07) is 10.8. The lowest BCUT2D eigenvalue weighted by Gasteiger charge is -2.37. The number of phenols is 2. The number of phenolic OH excluding ortho intramolecular Hbond substituents is 2. The number of hydrogen-bond donors (Lipinski definition) is 12. The topological polar surface area (TPSA) is 428 Å². The maximum atomic E-state index is 14.3. The molecule has 2 saturated heterocycles. The molecule has 27 heteroatoms. The number of ether oxygens (including phenoxy) is 9. The fourth-order valence-corrected chi connectivity index (χ4v) is 10.7. The van der Waals surface area contributed by atoms with Crippen molar-refractivity contribution in [2.24, 2.45) is 0 Å². The summed E-state index contributed by atoms with van der Waals surface area (Å²) >= 11 is 0. The van der Waals surface area contributed by atoms with Crippen LogP contribution < -0.4 is 20.3 Å². The average molecular weight is 1190 g/mol. The summed E-state index contributed by atoms with van der Waals surface area (Å²) in [4.78, 5) is 79.2. The van der Waals surface area contributed by atoms with E-state index < -0.39 is 180 Å². The minimum Gasteiger partial charge on any atom is -0.510 e. The van der Waals surface area contributed by atoms with E-state index in [0.717, 1.165) is 0 Å². The van der Waals surface area contributed by atoms with Crippen LogP contribution in [0, 0.1) is 0 Å². The summed E-state index contributed by atoms with van der Waals surface area (Å²) in [5.74, 6) is -6.36. The molecule has 14 atom stereocenters. The van der Waals surface area contributed by atoms with Crippen molar-refractivity contribution in [2.45, 2.75) is 124 Å². The molecule has 0 radical (unpaired) electrons. The largest absolute Gasteiger partial charge is 0.510 e. The van der Waals surface area contributed by atoms with Gasteiger partial charge in [-0.3, -0.25) is 19.2 Å². The summed E-state index contributed by atoms with van der Waals surface area (Å²) in [6.07, 6.45) is -17.0. The number of rotatable bonds is 18. The highest BCUT2D eigenvalue weighted by molar-refractivity contribution is 5.95. The van der Waals surface area contributed by atoms with Crippen LogP contribution in [0.4, 0.5) is 0 Å². The van der Waals surface area contributed by atoms with Gasteiger partial charge in [0.1, 0.15) is 109 Å². The molecular formula is C58H58O27. The Hall–Kier alpha value is -7.90. The van der Waals surface area contributed by atoms with Gasteiger partial charge in [-0.15, -0.1) is 0 Å². The standard InChI is InChI=1S/C58H58O27/c59-31-13-29-17-41(61)81-33(29)19-35(31)77-7-5-23-9-25-1-3-27(47(65)45(25)49(67)37(11-23)79-21-39-51(69)53(71)55(73)57(75)83-39)15-43(63)85-44(64)16-28-4-2-26-10-24(6-8-78-36-20-34-30(14-32(36)60)18-42(62)82-34)12-38(50(68)46(26)48(28)66)80-22-40-52(70)54(72)56(74)58(76)84-40/h1-4,9-14,17-18,33-36,39-40,51-60,65-66,69-76H,5-8,15-16,19-22H2. The van der Waals surface area contributed by atoms with E-state index in [1.165, 1.54) is 72.8 Å². The van der Waals surface area contributed by atoms with E-state index in [-0.39, 0.29) is 72.3 Å². The zero-order chi connectivity index (χ0) is 60.7. The first-order valence-corrected chi connectivity index (χ1v) is 26.8. The summed E-state index contributed by atoms with van der Waals surface area (Å²) < 4.78 is 49.5. The average Bonchev–Trinajstić information content (AvgIpc) is 2.65. The molecule has 0 saturated carbocycles. The zero-order valence-electron chi connectivity index (χ0n) is 44.6. The molecule has 2 fully saturated rings. The van der Waals surface area contributed by atoms with Crippen LogP contribution in [0.3, 0.4) is 0 Å². The summed E-state index contributed by atoms with van der Waals surface area (Å²) in [6.45, 7) is -1.55. The van der Waals surface area contributed by atoms with Gasteiger partial charge >= 0.3 is 23.9 Å². The van der Waals surface area contributed by atoms with Crippen molar-refractivity contribution in [3.63, 3.8) is 0 Å². The maximum absolute atomic E-state index is 14.3. The molecule has 0 aromatic heterocycles. The Labute approximate surface area is 479 Å². The number of carbonyl (C=O) groups is 4. The van der Waals surface area contributed by atoms with Crippen LogP contribution in [-0.4, -0.2) is 197 Å². The van der Waals surface area contributed by atoms with Crippen molar-refractivity contribution in [2.75, 3.05) is 26.4 Å². The predicted molar refractivity (Wildman–Crippen MR) is 285 cm³/mol. The zero-order valence-corrected chi connectivity index (χ0v) is 44.6. The normalized spacial score (nSPS) is 28.9. The molecule has 4 aromatic rings. The Morgan fingerprint density at radius 1 is 0.506 bits per heavy atom. The summed E-state index contributed by atoms with van der Waals surface area (Å²) in [5.41, 5.74) is -0.702. The Kier molecular flexibility index (Phi) is 17.7. The molecule has 452 valence electrons. The third-order valence-corrected chi connectivity index (χ3v) is 15.3. The second-order valence-corrected chi connectivity index (χ2v) is 21.1. The summed E-state index contributed by atoms with van der Waals surface area (Å²) in [7, 11) is 0. The van der Waals surface area contributed by atoms with Crippen molar-refractivity contribution in [3.8, 4) is 23.0 Å². The lowest BCUT2D eigenvalue weighted by Crippen LogP contribution is -2.58. The van der Waals surface area contributed by atoms with Crippen LogP contribution in [0.1, 0.15) is 35.1 Å². The van der Waals surface area contributed by atoms with Gasteiger partial charge < -0.3 is 104 Å². The Balaban J connectivity index is 0.867. The minimum absolute atomic E-state index is 0.0324. The Morgan fingerprint density at radius 3 is 1.31 bits per heavy atom. The van der Waals surface area contributed by atoms with Crippen LogP contribution in [-0.2, 0) is 78.0 Å². The molecule has 27 nitrogen and oxygen atoms in total. The molecule has 0 amide bonds. The van der Waals surface area contributed by atoms with Crippen LogP contribution in [0.2, 0.25) is 0 Å². The molecule has 0 bridgehead atoms. The van der Waals surface area contributed by atoms with Gasteiger partial charge in [0, 0.05) is 47.3 Å². The lowest BCUT2D eigenvalue weighted by atomic mass is 9.96. The highest BCUT2D eigenvalue weighted by Gasteiger charge is 2.45. The van der Waals surface area contributed by atoms with Gasteiger partial charge in [0.25, 0.3) is 0 Å². The SMILES string of the molecule is O=C1C=C2C=C(O)C(OCCc3cc(OCC4OC(O)C(O)C(O)C4O)c(=O)c4c(O)c(CC(=O)OC(=O)Cc5ccc6cc(CCOC7CC8OC(=O)C=C8C=C7O)cc(OCC7OC(O)C(O)C(O)C7O)c(=O)c6c5O)ccc4c3)CC2O1. The molecular weight excluding hydrogens is 1130 g/mol. The molecule has 6 aliphatic rings. The second-order valence-electron chi connectivity index (χ2n) is 21.1. The first-order chi connectivity index (χ1) is 40.5. The number of aliphatic hydroxyl groups is 10. The monoisotopic (exact) mass is 1190 g/mol. The molecule has 4 aliphatic heterocycles. The van der Waals surface area contributed by atoms with Crippen molar-refractivity contribution in [1.29, 1.82) is 0 Å². The second kappa shape index (κ2) is 25.0. The molecule has 2 aliphatic carbocycles. The Bertz CT molecular complexity index is 3340. The van der Waals surface area contributed by atoms with Gasteiger partial charge in [0.15, 0.2) is 24.1 Å². The van der Waals surface area contributed by atoms with E-state index >= 15 is 0 Å². The van der Waals surface area contributed by atoms with Crippen LogP contribution in [0.5, 0.6) is 23.0 Å². The van der Waals surface area contributed by atoms with Gasteiger partial charge in [-0.05, 0) is 59.0 Å². The molecule has 0 spiro atoms. The third kappa shape index (κ3) is 12.9. The quantitative estimate of drug-likeness (QED) is 0.0309. The fraction of sp³-hybridized carbons (Fsp3) is 0.414. The number of esters is 4. The fourth-order valence-electron chi connectivity index (χ4n) is 10.7. The van der Waals surface area contributed by atoms with Crippen LogP contribution in [0.15, 0.2) is 105 Å². The highest BCUT2D eigenvalue weighted by Crippen LogP contribution is 2.35. The lowest BCUT2D eigenvalue weighted by molar-refractivity contribution is -0.285. The number of fused-ring (bicyclic) bond motifs is 4. The number of hydrogen-bond acceptors (Lipinski definition) is 27.